The van der Waals surface area contributed by atoms with Crippen molar-refractivity contribution < 1.29 is 19.4 Å². The number of alkyl halides is 1. The van der Waals surface area contributed by atoms with Gasteiger partial charge < -0.3 is 15.2 Å². The number of aliphatic hydroxyl groups is 1. The molecule has 100 valence electrons. The van der Waals surface area contributed by atoms with Crippen LogP contribution >= 0.6 is 15.9 Å². The zero-order chi connectivity index (χ0) is 14.4. The van der Waals surface area contributed by atoms with E-state index >= 15 is 0 Å². The summed E-state index contributed by atoms with van der Waals surface area (Å²) in [4.78, 5) is 23.0. The molecule has 0 aromatic heterocycles. The van der Waals surface area contributed by atoms with E-state index in [0.717, 1.165) is 0 Å². The molecule has 1 rings (SSSR count). The van der Waals surface area contributed by atoms with Gasteiger partial charge in [-0.3, -0.25) is 4.79 Å². The second-order valence-corrected chi connectivity index (χ2v) is 4.17. The minimum Gasteiger partial charge on any atom is -0.465 e. The Morgan fingerprint density at radius 1 is 1.58 bits per heavy atom. The lowest BCUT2D eigenvalue weighted by molar-refractivity contribution is -0.122. The number of nitrogens with one attached hydrogen (secondary N) is 1. The molecular formula is C12H11BrN2O4. The maximum Gasteiger partial charge on any atom is 0.339 e. The molecule has 1 aromatic rings. The number of anilines is 1. The lowest BCUT2D eigenvalue weighted by Crippen LogP contribution is -2.28. The summed E-state index contributed by atoms with van der Waals surface area (Å²) in [6.45, 7) is 0. The normalized spacial score (nSPS) is 11.3. The molecular weight excluding hydrogens is 316 g/mol. The first-order valence-corrected chi connectivity index (χ1v) is 6.33. The summed E-state index contributed by atoms with van der Waals surface area (Å²) >= 11 is 2.97. The Balaban J connectivity index is 3.03. The molecule has 6 nitrogen and oxygen atoms in total. The first kappa shape index (κ1) is 15.1. The fraction of sp³-hybridized carbons (Fsp3) is 0.250. The van der Waals surface area contributed by atoms with E-state index in [1.165, 1.54) is 25.3 Å². The minimum atomic E-state index is -1.20. The van der Waals surface area contributed by atoms with E-state index in [1.807, 2.05) is 6.07 Å². The first-order chi connectivity index (χ1) is 9.03. The molecule has 0 fully saturated rings. The summed E-state index contributed by atoms with van der Waals surface area (Å²) in [6, 6.07) is 6.03. The van der Waals surface area contributed by atoms with Crippen LogP contribution in [0.3, 0.4) is 0 Å². The number of nitrogens with zero attached hydrogens (tertiary/aromatic N) is 1. The standard InChI is InChI=1S/C12H11BrN2O4/c1-19-12(18)9-4-8(3-2-7(9)6-14)15-11(17)10(16)5-13/h2-4,10,16H,5H2,1H3,(H,15,17)/t10-/m0/s1. The highest BCUT2D eigenvalue weighted by atomic mass is 79.9. The summed E-state index contributed by atoms with van der Waals surface area (Å²) in [7, 11) is 1.20. The van der Waals surface area contributed by atoms with E-state index in [2.05, 4.69) is 26.0 Å². The van der Waals surface area contributed by atoms with Gasteiger partial charge >= 0.3 is 5.97 Å². The van der Waals surface area contributed by atoms with Crippen molar-refractivity contribution in [1.82, 2.24) is 0 Å². The quantitative estimate of drug-likeness (QED) is 0.636. The van der Waals surface area contributed by atoms with Crippen LogP contribution < -0.4 is 5.32 Å². The Labute approximate surface area is 118 Å². The van der Waals surface area contributed by atoms with Gasteiger partial charge in [0, 0.05) is 11.0 Å². The molecule has 1 amide bonds. The molecule has 1 atom stereocenters. The molecule has 0 saturated heterocycles. The minimum absolute atomic E-state index is 0.0520. The maximum absolute atomic E-state index is 11.5. The van der Waals surface area contributed by atoms with Crippen LogP contribution in [0.25, 0.3) is 0 Å². The highest BCUT2D eigenvalue weighted by Gasteiger charge is 2.16. The Bertz CT molecular complexity index is 539. The van der Waals surface area contributed by atoms with Gasteiger partial charge in [-0.05, 0) is 18.2 Å². The zero-order valence-electron chi connectivity index (χ0n) is 10.0. The molecule has 0 bridgehead atoms. The predicted octanol–water partition coefficient (Wildman–Crippen LogP) is 1.04. The van der Waals surface area contributed by atoms with Gasteiger partial charge in [0.25, 0.3) is 5.91 Å². The second kappa shape index (κ2) is 6.87. The van der Waals surface area contributed by atoms with Crippen LogP contribution in [-0.2, 0) is 9.53 Å². The third kappa shape index (κ3) is 3.77. The number of carbonyl (C=O) groups is 2. The van der Waals surface area contributed by atoms with Crippen LogP contribution in [0.15, 0.2) is 18.2 Å². The molecule has 0 unspecified atom stereocenters. The van der Waals surface area contributed by atoms with E-state index in [-0.39, 0.29) is 16.5 Å². The number of ether oxygens (including phenoxy) is 1. The van der Waals surface area contributed by atoms with Gasteiger partial charge in [-0.25, -0.2) is 4.79 Å². The van der Waals surface area contributed by atoms with Gasteiger partial charge in [-0.15, -0.1) is 0 Å². The van der Waals surface area contributed by atoms with Crippen LogP contribution in [0.1, 0.15) is 15.9 Å². The van der Waals surface area contributed by atoms with Crippen molar-refractivity contribution in [2.24, 2.45) is 0 Å². The van der Waals surface area contributed by atoms with Gasteiger partial charge in [0.15, 0.2) is 0 Å². The maximum atomic E-state index is 11.5. The molecule has 0 spiro atoms. The highest BCUT2D eigenvalue weighted by Crippen LogP contribution is 2.16. The fourth-order valence-electron chi connectivity index (χ4n) is 1.29. The van der Waals surface area contributed by atoms with E-state index in [1.54, 1.807) is 0 Å². The number of esters is 1. The van der Waals surface area contributed by atoms with E-state index < -0.39 is 18.0 Å². The smallest absolute Gasteiger partial charge is 0.339 e. The Hall–Kier alpha value is -1.91. The molecule has 2 N–H and O–H groups in total. The number of aliphatic hydroxyl groups excluding tert-OH is 1. The molecule has 0 aliphatic rings. The number of nitriles is 1. The average molecular weight is 327 g/mol. The average Bonchev–Trinajstić information content (AvgIpc) is 2.45. The lowest BCUT2D eigenvalue weighted by Gasteiger charge is -2.10. The molecule has 0 aliphatic heterocycles. The number of rotatable bonds is 4. The summed E-state index contributed by atoms with van der Waals surface area (Å²) in [5.41, 5.74) is 0.492. The highest BCUT2D eigenvalue weighted by molar-refractivity contribution is 9.09. The molecule has 0 radical (unpaired) electrons. The van der Waals surface area contributed by atoms with Crippen LogP contribution in [0.4, 0.5) is 5.69 Å². The van der Waals surface area contributed by atoms with Gasteiger partial charge in [0.1, 0.15) is 12.2 Å². The van der Waals surface area contributed by atoms with Crippen LogP contribution in [0.5, 0.6) is 0 Å². The Kier molecular flexibility index (Phi) is 5.48. The number of carbonyl (C=O) groups excluding carboxylic acids is 2. The number of benzene rings is 1. The summed E-state index contributed by atoms with van der Waals surface area (Å²) < 4.78 is 4.55. The zero-order valence-corrected chi connectivity index (χ0v) is 11.6. The number of hydrogen-bond acceptors (Lipinski definition) is 5. The van der Waals surface area contributed by atoms with Crippen LogP contribution in [0, 0.1) is 11.3 Å². The predicted molar refractivity (Wildman–Crippen MR) is 70.9 cm³/mol. The van der Waals surface area contributed by atoms with Crippen molar-refractivity contribution >= 4 is 33.5 Å². The Morgan fingerprint density at radius 2 is 2.26 bits per heavy atom. The summed E-state index contributed by atoms with van der Waals surface area (Å²) in [6.07, 6.45) is -1.20. The monoisotopic (exact) mass is 326 g/mol. The topological polar surface area (TPSA) is 99.4 Å². The van der Waals surface area contributed by atoms with Crippen LogP contribution in [0.2, 0.25) is 0 Å². The number of methoxy groups -OCH3 is 1. The number of hydrogen-bond donors (Lipinski definition) is 2. The molecule has 19 heavy (non-hydrogen) atoms. The summed E-state index contributed by atoms with van der Waals surface area (Å²) in [5.74, 6) is -1.29. The molecule has 7 heteroatoms. The van der Waals surface area contributed by atoms with Crippen molar-refractivity contribution in [2.75, 3.05) is 17.8 Å². The van der Waals surface area contributed by atoms with Gasteiger partial charge in [0.2, 0.25) is 0 Å². The van der Waals surface area contributed by atoms with Crippen LogP contribution in [-0.4, -0.2) is 35.5 Å². The summed E-state index contributed by atoms with van der Waals surface area (Å²) in [5, 5.41) is 20.7. The lowest BCUT2D eigenvalue weighted by atomic mass is 10.1. The van der Waals surface area contributed by atoms with Gasteiger partial charge in [-0.2, -0.15) is 5.26 Å². The molecule has 0 heterocycles. The van der Waals surface area contributed by atoms with E-state index in [0.29, 0.717) is 5.69 Å². The van der Waals surface area contributed by atoms with Crippen molar-refractivity contribution in [3.63, 3.8) is 0 Å². The largest absolute Gasteiger partial charge is 0.465 e. The van der Waals surface area contributed by atoms with Gasteiger partial charge in [-0.1, -0.05) is 15.9 Å². The van der Waals surface area contributed by atoms with Gasteiger partial charge in [0.05, 0.1) is 18.2 Å². The van der Waals surface area contributed by atoms with Crippen molar-refractivity contribution in [3.05, 3.63) is 29.3 Å². The third-order valence-electron chi connectivity index (χ3n) is 2.26. The van der Waals surface area contributed by atoms with E-state index in [9.17, 15) is 14.7 Å². The fourth-order valence-corrected chi connectivity index (χ4v) is 1.59. The van der Waals surface area contributed by atoms with Crippen molar-refractivity contribution in [2.45, 2.75) is 6.10 Å². The third-order valence-corrected chi connectivity index (χ3v) is 2.87. The second-order valence-electron chi connectivity index (χ2n) is 3.52. The van der Waals surface area contributed by atoms with Crippen molar-refractivity contribution in [1.29, 1.82) is 5.26 Å². The van der Waals surface area contributed by atoms with Crippen molar-refractivity contribution in [3.8, 4) is 6.07 Å². The molecule has 0 aliphatic carbocycles. The molecule has 0 saturated carbocycles. The number of halogens is 1. The first-order valence-electron chi connectivity index (χ1n) is 5.20. The van der Waals surface area contributed by atoms with E-state index in [4.69, 9.17) is 5.26 Å². The SMILES string of the molecule is COC(=O)c1cc(NC(=O)[C@@H](O)CBr)ccc1C#N. The Morgan fingerprint density at radius 3 is 2.79 bits per heavy atom. The molecule has 1 aromatic carbocycles. The number of amides is 1.